The first-order chi connectivity index (χ1) is 10.9. The zero-order valence-corrected chi connectivity index (χ0v) is 14.9. The second kappa shape index (κ2) is 6.17. The van der Waals surface area contributed by atoms with E-state index >= 15 is 0 Å². The van der Waals surface area contributed by atoms with Gasteiger partial charge in [0.1, 0.15) is 5.58 Å². The van der Waals surface area contributed by atoms with Crippen LogP contribution in [0.3, 0.4) is 0 Å². The van der Waals surface area contributed by atoms with E-state index in [4.69, 9.17) is 16.0 Å². The lowest BCUT2D eigenvalue weighted by molar-refractivity contribution is 0.0570. The van der Waals surface area contributed by atoms with Crippen LogP contribution in [-0.2, 0) is 0 Å². The van der Waals surface area contributed by atoms with Gasteiger partial charge in [-0.3, -0.25) is 4.79 Å². The second-order valence-electron chi connectivity index (χ2n) is 6.62. The molecule has 1 aliphatic rings. The fraction of sp³-hybridized carbons (Fsp3) is 0.500. The number of carbonyl (C=O) groups excluding carboxylic acids is 1. The van der Waals surface area contributed by atoms with Crippen molar-refractivity contribution in [3.8, 4) is 0 Å². The summed E-state index contributed by atoms with van der Waals surface area (Å²) in [4.78, 5) is 17.1. The van der Waals surface area contributed by atoms with E-state index < -0.39 is 0 Å². The molecule has 2 aromatic rings. The number of fused-ring (bicyclic) bond motifs is 1. The fourth-order valence-corrected chi connectivity index (χ4v) is 3.51. The Morgan fingerprint density at radius 1 is 1.43 bits per heavy atom. The highest BCUT2D eigenvalue weighted by Gasteiger charge is 2.30. The lowest BCUT2D eigenvalue weighted by Gasteiger charge is -2.39. The average molecular weight is 335 g/mol. The highest BCUT2D eigenvalue weighted by atomic mass is 35.5. The molecule has 1 aromatic heterocycles. The molecule has 5 heteroatoms. The predicted molar refractivity (Wildman–Crippen MR) is 93.2 cm³/mol. The third-order valence-electron chi connectivity index (χ3n) is 5.14. The molecule has 2 heterocycles. The van der Waals surface area contributed by atoms with Gasteiger partial charge in [0, 0.05) is 41.6 Å². The molecule has 1 fully saturated rings. The molecule has 1 aliphatic heterocycles. The highest BCUT2D eigenvalue weighted by molar-refractivity contribution is 6.31. The summed E-state index contributed by atoms with van der Waals surface area (Å²) in [7, 11) is 4.01. The van der Waals surface area contributed by atoms with Crippen molar-refractivity contribution in [1.82, 2.24) is 9.80 Å². The van der Waals surface area contributed by atoms with Gasteiger partial charge in [-0.2, -0.15) is 0 Å². The van der Waals surface area contributed by atoms with Crippen molar-refractivity contribution in [2.24, 2.45) is 0 Å². The van der Waals surface area contributed by atoms with Crippen LogP contribution in [-0.4, -0.2) is 48.4 Å². The predicted octanol–water partition coefficient (Wildman–Crippen LogP) is 3.95. The molecular formula is C18H23ClN2O2. The summed E-state index contributed by atoms with van der Waals surface area (Å²) in [5.74, 6) is 0.382. The lowest BCUT2D eigenvalue weighted by atomic mass is 9.97. The first kappa shape index (κ1) is 16.3. The maximum absolute atomic E-state index is 12.9. The smallest absolute Gasteiger partial charge is 0.289 e. The minimum atomic E-state index is -0.0448. The standard InChI is InChI=1S/C18H23ClN2O2/c1-11-9-14(7-8-20(11)3)21(4)18(22)17-12(2)15-10-13(19)5-6-16(15)23-17/h5-6,10-11,14H,7-9H2,1-4H3/t11-,14-/m1/s1. The average Bonchev–Trinajstić information content (AvgIpc) is 2.85. The largest absolute Gasteiger partial charge is 0.451 e. The van der Waals surface area contributed by atoms with Gasteiger partial charge in [-0.1, -0.05) is 11.6 Å². The maximum atomic E-state index is 12.9. The van der Waals surface area contributed by atoms with Crippen molar-refractivity contribution < 1.29 is 9.21 Å². The molecule has 3 rings (SSSR count). The minimum absolute atomic E-state index is 0.0448. The molecule has 0 N–H and O–H groups in total. The Labute approximate surface area is 142 Å². The van der Waals surface area contributed by atoms with Crippen molar-refractivity contribution in [2.75, 3.05) is 20.6 Å². The van der Waals surface area contributed by atoms with Gasteiger partial charge in [-0.15, -0.1) is 0 Å². The number of halogens is 1. The van der Waals surface area contributed by atoms with E-state index in [1.807, 2.05) is 31.0 Å². The van der Waals surface area contributed by atoms with E-state index in [9.17, 15) is 4.79 Å². The molecule has 0 radical (unpaired) electrons. The maximum Gasteiger partial charge on any atom is 0.289 e. The molecule has 2 atom stereocenters. The fourth-order valence-electron chi connectivity index (χ4n) is 3.34. The van der Waals surface area contributed by atoms with Crippen LogP contribution in [0.25, 0.3) is 11.0 Å². The van der Waals surface area contributed by atoms with E-state index in [1.54, 1.807) is 6.07 Å². The molecule has 23 heavy (non-hydrogen) atoms. The molecule has 0 unspecified atom stereocenters. The van der Waals surface area contributed by atoms with Crippen LogP contribution < -0.4 is 0 Å². The number of carbonyl (C=O) groups is 1. The van der Waals surface area contributed by atoms with Gasteiger partial charge in [0.25, 0.3) is 5.91 Å². The Bertz CT molecular complexity index is 740. The van der Waals surface area contributed by atoms with E-state index in [-0.39, 0.29) is 11.9 Å². The van der Waals surface area contributed by atoms with E-state index in [0.717, 1.165) is 30.3 Å². The van der Waals surface area contributed by atoms with E-state index in [2.05, 4.69) is 18.9 Å². The Hall–Kier alpha value is -1.52. The molecule has 0 spiro atoms. The third-order valence-corrected chi connectivity index (χ3v) is 5.38. The van der Waals surface area contributed by atoms with Crippen LogP contribution >= 0.6 is 11.6 Å². The number of likely N-dealkylation sites (tertiary alicyclic amines) is 1. The van der Waals surface area contributed by atoms with Crippen LogP contribution in [0.15, 0.2) is 22.6 Å². The lowest BCUT2D eigenvalue weighted by Crippen LogP contribution is -2.48. The topological polar surface area (TPSA) is 36.7 Å². The third kappa shape index (κ3) is 2.98. The van der Waals surface area contributed by atoms with Crippen molar-refractivity contribution in [1.29, 1.82) is 0 Å². The molecular weight excluding hydrogens is 312 g/mol. The van der Waals surface area contributed by atoms with Crippen LogP contribution in [0.4, 0.5) is 0 Å². The number of furan rings is 1. The van der Waals surface area contributed by atoms with Crippen molar-refractivity contribution in [3.05, 3.63) is 34.5 Å². The second-order valence-corrected chi connectivity index (χ2v) is 7.06. The number of aryl methyl sites for hydroxylation is 1. The monoisotopic (exact) mass is 334 g/mol. The number of piperidine rings is 1. The Morgan fingerprint density at radius 2 is 2.17 bits per heavy atom. The van der Waals surface area contributed by atoms with Crippen LogP contribution in [0.5, 0.6) is 0 Å². The van der Waals surface area contributed by atoms with Gasteiger partial charge in [-0.05, 0) is 51.9 Å². The van der Waals surface area contributed by atoms with Gasteiger partial charge < -0.3 is 14.2 Å². The number of hydrogen-bond donors (Lipinski definition) is 0. The highest BCUT2D eigenvalue weighted by Crippen LogP contribution is 2.30. The van der Waals surface area contributed by atoms with Crippen molar-refractivity contribution in [3.63, 3.8) is 0 Å². The molecule has 0 saturated carbocycles. The van der Waals surface area contributed by atoms with E-state index in [0.29, 0.717) is 22.4 Å². The Morgan fingerprint density at radius 3 is 2.87 bits per heavy atom. The van der Waals surface area contributed by atoms with Gasteiger partial charge >= 0.3 is 0 Å². The van der Waals surface area contributed by atoms with Crippen molar-refractivity contribution >= 4 is 28.5 Å². The Balaban J connectivity index is 1.86. The molecule has 1 saturated heterocycles. The summed E-state index contributed by atoms with van der Waals surface area (Å²) >= 11 is 6.05. The summed E-state index contributed by atoms with van der Waals surface area (Å²) in [5.41, 5.74) is 1.57. The molecule has 1 aromatic carbocycles. The molecule has 4 nitrogen and oxygen atoms in total. The van der Waals surface area contributed by atoms with Crippen molar-refractivity contribution in [2.45, 2.75) is 38.8 Å². The number of nitrogens with zero attached hydrogens (tertiary/aromatic N) is 2. The first-order valence-corrected chi connectivity index (χ1v) is 8.42. The number of amides is 1. The van der Waals surface area contributed by atoms with Gasteiger partial charge in [-0.25, -0.2) is 0 Å². The summed E-state index contributed by atoms with van der Waals surface area (Å²) in [6.45, 7) is 5.14. The molecule has 124 valence electrons. The van der Waals surface area contributed by atoms with Crippen LogP contribution in [0, 0.1) is 6.92 Å². The number of hydrogen-bond acceptors (Lipinski definition) is 3. The van der Waals surface area contributed by atoms with E-state index in [1.165, 1.54) is 0 Å². The minimum Gasteiger partial charge on any atom is -0.451 e. The SMILES string of the molecule is Cc1c(C(=O)N(C)[C@@H]2CCN(C)[C@H](C)C2)oc2ccc(Cl)cc12. The normalized spacial score (nSPS) is 22.5. The zero-order chi connectivity index (χ0) is 16.7. The number of rotatable bonds is 2. The Kier molecular flexibility index (Phi) is 4.39. The summed E-state index contributed by atoms with van der Waals surface area (Å²) in [6, 6.07) is 6.19. The van der Waals surface area contributed by atoms with Gasteiger partial charge in [0.05, 0.1) is 0 Å². The van der Waals surface area contributed by atoms with Crippen LogP contribution in [0.2, 0.25) is 5.02 Å². The first-order valence-electron chi connectivity index (χ1n) is 8.04. The summed E-state index contributed by atoms with van der Waals surface area (Å²) < 4.78 is 5.82. The number of benzene rings is 1. The zero-order valence-electron chi connectivity index (χ0n) is 14.1. The summed E-state index contributed by atoms with van der Waals surface area (Å²) in [5, 5.41) is 1.56. The summed E-state index contributed by atoms with van der Waals surface area (Å²) in [6.07, 6.45) is 1.98. The van der Waals surface area contributed by atoms with Gasteiger partial charge in [0.2, 0.25) is 0 Å². The molecule has 0 bridgehead atoms. The van der Waals surface area contributed by atoms with Gasteiger partial charge in [0.15, 0.2) is 5.76 Å². The quantitative estimate of drug-likeness (QED) is 0.834. The van der Waals surface area contributed by atoms with Crippen LogP contribution in [0.1, 0.15) is 35.9 Å². The molecule has 1 amide bonds. The molecule has 0 aliphatic carbocycles.